The Morgan fingerprint density at radius 1 is 1.04 bits per heavy atom. The fourth-order valence-corrected chi connectivity index (χ4v) is 3.07. The lowest BCUT2D eigenvalue weighted by Gasteiger charge is -2.33. The van der Waals surface area contributed by atoms with Crippen LogP contribution in [0.25, 0.3) is 22.2 Å². The van der Waals surface area contributed by atoms with Gasteiger partial charge in [0, 0.05) is 60.2 Å². The van der Waals surface area contributed by atoms with Crippen LogP contribution >= 0.6 is 0 Å². The SMILES string of the molecule is CN1CCN(c2ccc(-c3cc4cc(N)ccc4[nH]3)cn2)CC1. The molecule has 3 heterocycles. The molecule has 1 aliphatic rings. The number of nitrogens with one attached hydrogen (secondary N) is 1. The van der Waals surface area contributed by atoms with Gasteiger partial charge < -0.3 is 20.5 Å². The molecule has 5 heteroatoms. The van der Waals surface area contributed by atoms with Gasteiger partial charge in [0.05, 0.1) is 0 Å². The number of nitrogens with zero attached hydrogens (tertiary/aromatic N) is 3. The van der Waals surface area contributed by atoms with Crippen molar-refractivity contribution in [1.29, 1.82) is 0 Å². The average molecular weight is 307 g/mol. The first-order valence-electron chi connectivity index (χ1n) is 7.97. The third-order valence-electron chi connectivity index (χ3n) is 4.53. The van der Waals surface area contributed by atoms with E-state index in [-0.39, 0.29) is 0 Å². The first kappa shape index (κ1) is 14.1. The zero-order valence-electron chi connectivity index (χ0n) is 13.3. The van der Waals surface area contributed by atoms with Gasteiger partial charge in [-0.15, -0.1) is 0 Å². The van der Waals surface area contributed by atoms with Gasteiger partial charge in [0.25, 0.3) is 0 Å². The van der Waals surface area contributed by atoms with Crippen LogP contribution in [0.4, 0.5) is 11.5 Å². The fraction of sp³-hybridized carbons (Fsp3) is 0.278. The number of H-pyrrole nitrogens is 1. The van der Waals surface area contributed by atoms with Crippen molar-refractivity contribution in [3.63, 3.8) is 0 Å². The Morgan fingerprint density at radius 3 is 2.61 bits per heavy atom. The summed E-state index contributed by atoms with van der Waals surface area (Å²) in [5.74, 6) is 1.06. The highest BCUT2D eigenvalue weighted by molar-refractivity contribution is 5.88. The van der Waals surface area contributed by atoms with Crippen LogP contribution in [0, 0.1) is 0 Å². The molecule has 0 spiro atoms. The van der Waals surface area contributed by atoms with Gasteiger partial charge in [0.1, 0.15) is 5.82 Å². The quantitative estimate of drug-likeness (QED) is 0.714. The number of likely N-dealkylation sites (N-methyl/N-ethyl adjacent to an activating group) is 1. The molecule has 3 N–H and O–H groups in total. The molecule has 1 aliphatic heterocycles. The molecule has 4 rings (SSSR count). The van der Waals surface area contributed by atoms with Gasteiger partial charge in [-0.25, -0.2) is 4.98 Å². The minimum absolute atomic E-state index is 0.784. The molecule has 118 valence electrons. The van der Waals surface area contributed by atoms with Crippen molar-refractivity contribution in [2.75, 3.05) is 43.9 Å². The smallest absolute Gasteiger partial charge is 0.128 e. The molecule has 0 radical (unpaired) electrons. The lowest BCUT2D eigenvalue weighted by Crippen LogP contribution is -2.44. The molecule has 1 aromatic carbocycles. The van der Waals surface area contributed by atoms with Crippen LogP contribution in [-0.4, -0.2) is 48.1 Å². The summed E-state index contributed by atoms with van der Waals surface area (Å²) in [5.41, 5.74) is 9.89. The molecule has 0 atom stereocenters. The average Bonchev–Trinajstić information content (AvgIpc) is 2.99. The van der Waals surface area contributed by atoms with Crippen molar-refractivity contribution in [3.8, 4) is 11.3 Å². The van der Waals surface area contributed by atoms with Crippen molar-refractivity contribution in [2.45, 2.75) is 0 Å². The van der Waals surface area contributed by atoms with Gasteiger partial charge >= 0.3 is 0 Å². The Balaban J connectivity index is 1.59. The first-order valence-corrected chi connectivity index (χ1v) is 7.97. The number of pyridine rings is 1. The van der Waals surface area contributed by atoms with E-state index in [9.17, 15) is 0 Å². The molecule has 0 aliphatic carbocycles. The maximum atomic E-state index is 5.85. The van der Waals surface area contributed by atoms with Gasteiger partial charge in [-0.2, -0.15) is 0 Å². The number of hydrogen-bond donors (Lipinski definition) is 2. The van der Waals surface area contributed by atoms with E-state index >= 15 is 0 Å². The lowest BCUT2D eigenvalue weighted by atomic mass is 10.2. The molecular formula is C18H21N5. The monoisotopic (exact) mass is 307 g/mol. The van der Waals surface area contributed by atoms with Gasteiger partial charge in [0.2, 0.25) is 0 Å². The summed E-state index contributed by atoms with van der Waals surface area (Å²) in [4.78, 5) is 12.8. The molecule has 0 bridgehead atoms. The van der Waals surface area contributed by atoms with Crippen LogP contribution in [0.15, 0.2) is 42.6 Å². The summed E-state index contributed by atoms with van der Waals surface area (Å²) in [7, 11) is 2.16. The summed E-state index contributed by atoms with van der Waals surface area (Å²) in [5, 5.41) is 1.13. The third-order valence-corrected chi connectivity index (χ3v) is 4.53. The summed E-state index contributed by atoms with van der Waals surface area (Å²) in [6.07, 6.45) is 1.95. The second kappa shape index (κ2) is 5.59. The van der Waals surface area contributed by atoms with E-state index in [2.05, 4.69) is 45.0 Å². The topological polar surface area (TPSA) is 61.2 Å². The van der Waals surface area contributed by atoms with Gasteiger partial charge in [-0.3, -0.25) is 0 Å². The highest BCUT2D eigenvalue weighted by Gasteiger charge is 2.15. The van der Waals surface area contributed by atoms with E-state index in [1.165, 1.54) is 0 Å². The molecule has 0 amide bonds. The largest absolute Gasteiger partial charge is 0.399 e. The molecule has 0 unspecified atom stereocenters. The van der Waals surface area contributed by atoms with E-state index in [1.807, 2.05) is 24.4 Å². The Bertz CT molecular complexity index is 813. The number of rotatable bonds is 2. The van der Waals surface area contributed by atoms with Crippen molar-refractivity contribution in [3.05, 3.63) is 42.6 Å². The Labute approximate surface area is 135 Å². The highest BCUT2D eigenvalue weighted by atomic mass is 15.3. The van der Waals surface area contributed by atoms with Gasteiger partial charge in [-0.05, 0) is 43.4 Å². The predicted octanol–water partition coefficient (Wildman–Crippen LogP) is 2.56. The van der Waals surface area contributed by atoms with Crippen LogP contribution in [0.5, 0.6) is 0 Å². The Kier molecular flexibility index (Phi) is 3.42. The number of aromatic amines is 1. The number of fused-ring (bicyclic) bond motifs is 1. The van der Waals surface area contributed by atoms with Crippen LogP contribution in [0.1, 0.15) is 0 Å². The minimum Gasteiger partial charge on any atom is -0.399 e. The first-order chi connectivity index (χ1) is 11.2. The molecule has 1 saturated heterocycles. The van der Waals surface area contributed by atoms with E-state index in [0.29, 0.717) is 0 Å². The van der Waals surface area contributed by atoms with Crippen molar-refractivity contribution in [1.82, 2.24) is 14.9 Å². The van der Waals surface area contributed by atoms with E-state index in [4.69, 9.17) is 5.73 Å². The number of aromatic nitrogens is 2. The molecule has 23 heavy (non-hydrogen) atoms. The zero-order chi connectivity index (χ0) is 15.8. The van der Waals surface area contributed by atoms with Crippen LogP contribution in [0.2, 0.25) is 0 Å². The predicted molar refractivity (Wildman–Crippen MR) is 95.7 cm³/mol. The Hall–Kier alpha value is -2.53. The standard InChI is InChI=1S/C18H21N5/c1-22-6-8-23(9-7-22)18-5-2-13(12-20-18)17-11-14-10-15(19)3-4-16(14)21-17/h2-5,10-12,21H,6-9,19H2,1H3. The fourth-order valence-electron chi connectivity index (χ4n) is 3.07. The third kappa shape index (κ3) is 2.75. The Morgan fingerprint density at radius 2 is 1.87 bits per heavy atom. The van der Waals surface area contributed by atoms with Crippen LogP contribution < -0.4 is 10.6 Å². The second-order valence-corrected chi connectivity index (χ2v) is 6.23. The van der Waals surface area contributed by atoms with Gasteiger partial charge in [-0.1, -0.05) is 0 Å². The van der Waals surface area contributed by atoms with E-state index < -0.39 is 0 Å². The van der Waals surface area contributed by atoms with E-state index in [0.717, 1.165) is 59.8 Å². The van der Waals surface area contributed by atoms with Crippen molar-refractivity contribution >= 4 is 22.4 Å². The summed E-state index contributed by atoms with van der Waals surface area (Å²) in [6, 6.07) is 12.3. The molecule has 0 saturated carbocycles. The van der Waals surface area contributed by atoms with Crippen LogP contribution in [0.3, 0.4) is 0 Å². The summed E-state index contributed by atoms with van der Waals surface area (Å²) < 4.78 is 0. The molecule has 2 aromatic heterocycles. The number of anilines is 2. The summed E-state index contributed by atoms with van der Waals surface area (Å²) in [6.45, 7) is 4.25. The number of benzene rings is 1. The number of nitrogens with two attached hydrogens (primary N) is 1. The van der Waals surface area contributed by atoms with Crippen LogP contribution in [-0.2, 0) is 0 Å². The maximum absolute atomic E-state index is 5.85. The molecule has 1 fully saturated rings. The van der Waals surface area contributed by atoms with Gasteiger partial charge in [0.15, 0.2) is 0 Å². The normalized spacial score (nSPS) is 16.1. The van der Waals surface area contributed by atoms with Crippen molar-refractivity contribution < 1.29 is 0 Å². The second-order valence-electron chi connectivity index (χ2n) is 6.23. The zero-order valence-corrected chi connectivity index (χ0v) is 13.3. The maximum Gasteiger partial charge on any atom is 0.128 e. The minimum atomic E-state index is 0.784. The van der Waals surface area contributed by atoms with E-state index in [1.54, 1.807) is 0 Å². The number of piperazine rings is 1. The highest BCUT2D eigenvalue weighted by Crippen LogP contribution is 2.26. The molecule has 5 nitrogen and oxygen atoms in total. The molecule has 3 aromatic rings. The summed E-state index contributed by atoms with van der Waals surface area (Å²) >= 11 is 0. The number of hydrogen-bond acceptors (Lipinski definition) is 4. The molecular weight excluding hydrogens is 286 g/mol. The lowest BCUT2D eigenvalue weighted by molar-refractivity contribution is 0.312. The number of nitrogen functional groups attached to an aromatic ring is 1. The van der Waals surface area contributed by atoms with Crippen molar-refractivity contribution in [2.24, 2.45) is 0 Å².